The van der Waals surface area contributed by atoms with Gasteiger partial charge in [-0.1, -0.05) is 53.0 Å². The quantitative estimate of drug-likeness (QED) is 0.421. The lowest BCUT2D eigenvalue weighted by Crippen LogP contribution is -2.34. The highest BCUT2D eigenvalue weighted by molar-refractivity contribution is 6.31. The van der Waals surface area contributed by atoms with Crippen molar-refractivity contribution in [2.45, 2.75) is 18.7 Å². The highest BCUT2D eigenvalue weighted by Gasteiger charge is 2.42. The smallest absolute Gasteiger partial charge is 0.218 e. The minimum atomic E-state index is -0.785. The summed E-state index contributed by atoms with van der Waals surface area (Å²) in [5, 5.41) is 8.12. The average molecular weight is 448 g/mol. The van der Waals surface area contributed by atoms with E-state index < -0.39 is 12.0 Å². The van der Waals surface area contributed by atoms with Crippen LogP contribution in [0, 0.1) is 5.82 Å². The first-order valence-corrected chi connectivity index (χ1v) is 10.2. The molecule has 0 bridgehead atoms. The summed E-state index contributed by atoms with van der Waals surface area (Å²) < 4.78 is 20.9. The lowest BCUT2D eigenvalue weighted by molar-refractivity contribution is -0.0211. The van der Waals surface area contributed by atoms with Crippen LogP contribution < -0.4 is 4.74 Å². The van der Waals surface area contributed by atoms with Gasteiger partial charge in [0.15, 0.2) is 0 Å². The third kappa shape index (κ3) is 3.25. The highest BCUT2D eigenvalue weighted by Crippen LogP contribution is 2.49. The number of rotatable bonds is 2. The van der Waals surface area contributed by atoms with E-state index in [2.05, 4.69) is 0 Å². The zero-order chi connectivity index (χ0) is 20.1. The second kappa shape index (κ2) is 7.21. The van der Waals surface area contributed by atoms with E-state index in [9.17, 15) is 4.39 Å². The van der Waals surface area contributed by atoms with Crippen molar-refractivity contribution >= 4 is 40.5 Å². The molecule has 0 N–H and O–H groups in total. The molecular weight excluding hydrogens is 434 g/mol. The van der Waals surface area contributed by atoms with Crippen molar-refractivity contribution in [1.82, 2.24) is 5.01 Å². The fraction of sp³-hybridized carbons (Fsp3) is 0.136. The van der Waals surface area contributed by atoms with Crippen molar-refractivity contribution in [3.63, 3.8) is 0 Å². The first kappa shape index (κ1) is 18.7. The second-order valence-corrected chi connectivity index (χ2v) is 8.22. The number of nitrogens with zero attached hydrogens (tertiary/aromatic N) is 2. The molecule has 0 spiro atoms. The van der Waals surface area contributed by atoms with Gasteiger partial charge < -0.3 is 4.74 Å². The largest absolute Gasteiger partial charge is 0.464 e. The Balaban J connectivity index is 1.64. The van der Waals surface area contributed by atoms with Gasteiger partial charge in [0, 0.05) is 22.0 Å². The van der Waals surface area contributed by atoms with Crippen LogP contribution in [0.1, 0.15) is 35.4 Å². The van der Waals surface area contributed by atoms with Crippen LogP contribution in [0.4, 0.5) is 4.39 Å². The molecule has 5 rings (SSSR count). The van der Waals surface area contributed by atoms with Crippen molar-refractivity contribution in [2.24, 2.45) is 5.10 Å². The molecular formula is C22H14Cl3FN2O. The fourth-order valence-corrected chi connectivity index (χ4v) is 4.37. The third-order valence-electron chi connectivity index (χ3n) is 5.18. The summed E-state index contributed by atoms with van der Waals surface area (Å²) in [6, 6.07) is 17.4. The third-order valence-corrected chi connectivity index (χ3v) is 5.99. The van der Waals surface area contributed by atoms with E-state index in [-0.39, 0.29) is 11.6 Å². The number of ether oxygens (including phenoxy) is 1. The van der Waals surface area contributed by atoms with Gasteiger partial charge in [0.2, 0.25) is 6.23 Å². The van der Waals surface area contributed by atoms with Crippen LogP contribution in [0.25, 0.3) is 0 Å². The standard InChI is InChI=1S/C22H14Cl3FN2O/c23-13-6-4-12(5-7-13)18-11-19-15-10-14(24)8-9-20(15)29-22(28(19)27-18)21-16(25)2-1-3-17(21)26/h1-10,19,22H,11H2/t19-,22+/m1/s1. The maximum Gasteiger partial charge on any atom is 0.218 e. The van der Waals surface area contributed by atoms with Crippen LogP contribution in [-0.2, 0) is 0 Å². The number of hydrogen-bond donors (Lipinski definition) is 0. The summed E-state index contributed by atoms with van der Waals surface area (Å²) in [7, 11) is 0. The van der Waals surface area contributed by atoms with Crippen LogP contribution in [0.5, 0.6) is 5.75 Å². The van der Waals surface area contributed by atoms with E-state index in [1.807, 2.05) is 30.3 Å². The predicted octanol–water partition coefficient (Wildman–Crippen LogP) is 7.03. The van der Waals surface area contributed by atoms with Gasteiger partial charge in [0.25, 0.3) is 0 Å². The van der Waals surface area contributed by atoms with Crippen molar-refractivity contribution in [3.8, 4) is 5.75 Å². The first-order valence-electron chi connectivity index (χ1n) is 9.03. The topological polar surface area (TPSA) is 24.8 Å². The lowest BCUT2D eigenvalue weighted by atomic mass is 9.96. The van der Waals surface area contributed by atoms with Gasteiger partial charge in [-0.3, -0.25) is 0 Å². The molecule has 0 amide bonds. The molecule has 29 heavy (non-hydrogen) atoms. The van der Waals surface area contributed by atoms with Gasteiger partial charge in [0.05, 0.1) is 22.3 Å². The van der Waals surface area contributed by atoms with Gasteiger partial charge in [0.1, 0.15) is 11.6 Å². The van der Waals surface area contributed by atoms with Gasteiger partial charge in [-0.25, -0.2) is 9.40 Å². The summed E-state index contributed by atoms with van der Waals surface area (Å²) in [5.74, 6) is 0.210. The molecule has 146 valence electrons. The zero-order valence-electron chi connectivity index (χ0n) is 14.9. The van der Waals surface area contributed by atoms with Gasteiger partial charge >= 0.3 is 0 Å². The number of halogens is 4. The minimum Gasteiger partial charge on any atom is -0.464 e. The number of hydrogen-bond acceptors (Lipinski definition) is 3. The Morgan fingerprint density at radius 2 is 1.72 bits per heavy atom. The summed E-state index contributed by atoms with van der Waals surface area (Å²) in [5.41, 5.74) is 2.99. The van der Waals surface area contributed by atoms with E-state index in [1.54, 1.807) is 29.3 Å². The predicted molar refractivity (Wildman–Crippen MR) is 113 cm³/mol. The number of fused-ring (bicyclic) bond motifs is 3. The molecule has 2 heterocycles. The molecule has 7 heteroatoms. The molecule has 3 nitrogen and oxygen atoms in total. The summed E-state index contributed by atoms with van der Waals surface area (Å²) in [6.45, 7) is 0. The summed E-state index contributed by atoms with van der Waals surface area (Å²) >= 11 is 18.6. The molecule has 3 aromatic rings. The Bertz CT molecular complexity index is 1110. The van der Waals surface area contributed by atoms with E-state index in [0.29, 0.717) is 27.2 Å². The van der Waals surface area contributed by atoms with E-state index in [0.717, 1.165) is 16.8 Å². The molecule has 0 aliphatic carbocycles. The number of benzene rings is 3. The maximum absolute atomic E-state index is 14.7. The van der Waals surface area contributed by atoms with E-state index in [1.165, 1.54) is 6.07 Å². The van der Waals surface area contributed by atoms with Crippen molar-refractivity contribution in [3.05, 3.63) is 98.2 Å². The molecule has 2 aliphatic rings. The normalized spacial score (nSPS) is 20.0. The van der Waals surface area contributed by atoms with Crippen LogP contribution >= 0.6 is 34.8 Å². The van der Waals surface area contributed by atoms with Crippen LogP contribution in [0.15, 0.2) is 65.8 Å². The zero-order valence-corrected chi connectivity index (χ0v) is 17.2. The lowest BCUT2D eigenvalue weighted by Gasteiger charge is -2.38. The maximum atomic E-state index is 14.7. The molecule has 0 saturated heterocycles. The molecule has 2 atom stereocenters. The Morgan fingerprint density at radius 3 is 2.48 bits per heavy atom. The van der Waals surface area contributed by atoms with Crippen molar-refractivity contribution < 1.29 is 9.13 Å². The SMILES string of the molecule is Fc1cccc(Cl)c1[C@@H]1Oc2ccc(Cl)cc2[C@H]2CC(c3ccc(Cl)cc3)=NN21. The monoisotopic (exact) mass is 446 g/mol. The van der Waals surface area contributed by atoms with Gasteiger partial charge in [-0.15, -0.1) is 0 Å². The minimum absolute atomic E-state index is 0.149. The fourth-order valence-electron chi connectivity index (χ4n) is 3.81. The molecule has 0 saturated carbocycles. The molecule has 3 aromatic carbocycles. The van der Waals surface area contributed by atoms with Crippen LogP contribution in [-0.4, -0.2) is 10.7 Å². The highest BCUT2D eigenvalue weighted by atomic mass is 35.5. The van der Waals surface area contributed by atoms with E-state index >= 15 is 0 Å². The number of hydrazone groups is 1. The Labute approximate surface area is 182 Å². The summed E-state index contributed by atoms with van der Waals surface area (Å²) in [4.78, 5) is 0. The average Bonchev–Trinajstić information content (AvgIpc) is 3.14. The Kier molecular flexibility index (Phi) is 4.66. The molecule has 2 aliphatic heterocycles. The summed E-state index contributed by atoms with van der Waals surface area (Å²) in [6.07, 6.45) is -0.159. The van der Waals surface area contributed by atoms with Gasteiger partial charge in [-0.05, 0) is 48.0 Å². The van der Waals surface area contributed by atoms with Crippen molar-refractivity contribution in [1.29, 1.82) is 0 Å². The molecule has 0 aromatic heterocycles. The Morgan fingerprint density at radius 1 is 0.966 bits per heavy atom. The van der Waals surface area contributed by atoms with Crippen LogP contribution in [0.3, 0.4) is 0 Å². The van der Waals surface area contributed by atoms with Crippen molar-refractivity contribution in [2.75, 3.05) is 0 Å². The second-order valence-electron chi connectivity index (χ2n) is 6.94. The molecule has 0 unspecified atom stereocenters. The first-order chi connectivity index (χ1) is 14.0. The van der Waals surface area contributed by atoms with E-state index in [4.69, 9.17) is 44.6 Å². The van der Waals surface area contributed by atoms with Gasteiger partial charge in [-0.2, -0.15) is 5.10 Å². The molecule has 0 radical (unpaired) electrons. The van der Waals surface area contributed by atoms with Crippen LogP contribution in [0.2, 0.25) is 15.1 Å². The molecule has 0 fully saturated rings. The Hall–Kier alpha value is -2.27.